The molecule has 0 aromatic heterocycles. The van der Waals surface area contributed by atoms with Crippen LogP contribution in [0.15, 0.2) is 24.3 Å². The lowest BCUT2D eigenvalue weighted by Crippen LogP contribution is -2.42. The van der Waals surface area contributed by atoms with Crippen LogP contribution in [0.4, 0.5) is 18.9 Å². The van der Waals surface area contributed by atoms with Crippen molar-refractivity contribution in [2.24, 2.45) is 5.92 Å². The maximum atomic E-state index is 12.6. The lowest BCUT2D eigenvalue weighted by Gasteiger charge is -2.23. The molecule has 1 aromatic carbocycles. The van der Waals surface area contributed by atoms with Gasteiger partial charge in [-0.25, -0.2) is 4.79 Å². The molecule has 0 bridgehead atoms. The number of carbonyl (C=O) groups is 2. The van der Waals surface area contributed by atoms with Crippen molar-refractivity contribution in [1.29, 1.82) is 0 Å². The minimum absolute atomic E-state index is 0.00472. The van der Waals surface area contributed by atoms with Gasteiger partial charge in [-0.1, -0.05) is 0 Å². The van der Waals surface area contributed by atoms with Crippen molar-refractivity contribution in [2.45, 2.75) is 19.0 Å². The maximum Gasteiger partial charge on any atom is 0.471 e. The fraction of sp³-hybridized carbons (Fsp3) is 0.385. The molecule has 7 heteroatoms. The van der Waals surface area contributed by atoms with E-state index in [4.69, 9.17) is 5.11 Å². The standard InChI is InChI=1S/C13H12F3NO3/c14-13(15,16)12(20)17(7-8-1-2-8)10-5-3-9(4-6-10)11(18)19/h3-6,8H,1-2,7H2,(H,18,19). The van der Waals surface area contributed by atoms with E-state index in [0.717, 1.165) is 12.8 Å². The second-order valence-corrected chi connectivity index (χ2v) is 4.71. The van der Waals surface area contributed by atoms with Crippen molar-refractivity contribution in [3.63, 3.8) is 0 Å². The fourth-order valence-corrected chi connectivity index (χ4v) is 1.80. The fourth-order valence-electron chi connectivity index (χ4n) is 1.80. The molecular formula is C13H12F3NO3. The Hall–Kier alpha value is -2.05. The molecule has 108 valence electrons. The summed E-state index contributed by atoms with van der Waals surface area (Å²) in [6.07, 6.45) is -3.34. The van der Waals surface area contributed by atoms with Gasteiger partial charge in [-0.2, -0.15) is 13.2 Å². The maximum absolute atomic E-state index is 12.6. The molecule has 4 nitrogen and oxygen atoms in total. The Kier molecular flexibility index (Phi) is 3.69. The summed E-state index contributed by atoms with van der Waals surface area (Å²) in [6, 6.07) is 4.80. The number of halogens is 3. The van der Waals surface area contributed by atoms with E-state index in [2.05, 4.69) is 0 Å². The number of carbonyl (C=O) groups excluding carboxylic acids is 1. The molecule has 1 aliphatic carbocycles. The highest BCUT2D eigenvalue weighted by atomic mass is 19.4. The van der Waals surface area contributed by atoms with Gasteiger partial charge >= 0.3 is 18.1 Å². The SMILES string of the molecule is O=C(O)c1ccc(N(CC2CC2)C(=O)C(F)(F)F)cc1. The summed E-state index contributed by atoms with van der Waals surface area (Å²) in [6.45, 7) is 0.00472. The highest BCUT2D eigenvalue weighted by Crippen LogP contribution is 2.33. The lowest BCUT2D eigenvalue weighted by atomic mass is 10.2. The summed E-state index contributed by atoms with van der Waals surface area (Å²) in [5, 5.41) is 8.75. The largest absolute Gasteiger partial charge is 0.478 e. The van der Waals surface area contributed by atoms with E-state index in [0.29, 0.717) is 4.90 Å². The van der Waals surface area contributed by atoms with Crippen LogP contribution in [-0.2, 0) is 4.79 Å². The molecule has 0 heterocycles. The van der Waals surface area contributed by atoms with Crippen LogP contribution >= 0.6 is 0 Å². The minimum Gasteiger partial charge on any atom is -0.478 e. The minimum atomic E-state index is -4.94. The molecule has 20 heavy (non-hydrogen) atoms. The number of hydrogen-bond acceptors (Lipinski definition) is 2. The quantitative estimate of drug-likeness (QED) is 0.926. The topological polar surface area (TPSA) is 57.6 Å². The van der Waals surface area contributed by atoms with Crippen molar-refractivity contribution in [2.75, 3.05) is 11.4 Å². The number of carboxylic acids is 1. The Morgan fingerprint density at radius 3 is 2.15 bits per heavy atom. The number of hydrogen-bond donors (Lipinski definition) is 1. The van der Waals surface area contributed by atoms with Crippen LogP contribution in [0.1, 0.15) is 23.2 Å². The average molecular weight is 287 g/mol. The molecule has 0 spiro atoms. The molecule has 1 N–H and O–H groups in total. The number of anilines is 1. The summed E-state index contributed by atoms with van der Waals surface area (Å²) < 4.78 is 37.7. The van der Waals surface area contributed by atoms with Crippen LogP contribution in [-0.4, -0.2) is 29.7 Å². The number of alkyl halides is 3. The van der Waals surface area contributed by atoms with Crippen LogP contribution in [0.5, 0.6) is 0 Å². The van der Waals surface area contributed by atoms with Gasteiger partial charge < -0.3 is 10.0 Å². The molecule has 0 atom stereocenters. The van der Waals surface area contributed by atoms with Gasteiger partial charge in [0.2, 0.25) is 0 Å². The molecular weight excluding hydrogens is 275 g/mol. The van der Waals surface area contributed by atoms with Gasteiger partial charge in [0, 0.05) is 12.2 Å². The van der Waals surface area contributed by atoms with E-state index in [1.54, 1.807) is 0 Å². The second kappa shape index (κ2) is 5.15. The highest BCUT2D eigenvalue weighted by Gasteiger charge is 2.44. The van der Waals surface area contributed by atoms with Gasteiger partial charge in [-0.3, -0.25) is 4.79 Å². The molecule has 0 unspecified atom stereocenters. The third kappa shape index (κ3) is 3.28. The number of nitrogens with zero attached hydrogens (tertiary/aromatic N) is 1. The van der Waals surface area contributed by atoms with Crippen LogP contribution in [0, 0.1) is 5.92 Å². The van der Waals surface area contributed by atoms with Gasteiger partial charge in [0.1, 0.15) is 0 Å². The molecule has 1 aliphatic rings. The second-order valence-electron chi connectivity index (χ2n) is 4.71. The first-order chi connectivity index (χ1) is 9.29. The molecule has 1 amide bonds. The predicted octanol–water partition coefficient (Wildman–Crippen LogP) is 2.69. The summed E-state index contributed by atoms with van der Waals surface area (Å²) >= 11 is 0. The lowest BCUT2D eigenvalue weighted by molar-refractivity contribution is -0.170. The van der Waals surface area contributed by atoms with Crippen LogP contribution in [0.2, 0.25) is 0 Å². The Morgan fingerprint density at radius 1 is 1.20 bits per heavy atom. The van der Waals surface area contributed by atoms with E-state index in [-0.39, 0.29) is 23.7 Å². The zero-order valence-corrected chi connectivity index (χ0v) is 10.4. The first-order valence-corrected chi connectivity index (χ1v) is 6.01. The Bertz CT molecular complexity index is 521. The molecule has 1 saturated carbocycles. The Labute approximate surface area is 112 Å². The van der Waals surface area contributed by atoms with Crippen LogP contribution < -0.4 is 4.90 Å². The summed E-state index contributed by atoms with van der Waals surface area (Å²) in [5.41, 5.74) is 0.0174. The number of benzene rings is 1. The van der Waals surface area contributed by atoms with Crippen molar-refractivity contribution >= 4 is 17.6 Å². The smallest absolute Gasteiger partial charge is 0.471 e. The zero-order chi connectivity index (χ0) is 14.9. The number of rotatable bonds is 4. The van der Waals surface area contributed by atoms with Gasteiger partial charge in [0.15, 0.2) is 0 Å². The van der Waals surface area contributed by atoms with E-state index in [1.807, 2.05) is 0 Å². The number of amides is 1. The molecule has 2 rings (SSSR count). The Morgan fingerprint density at radius 2 is 1.75 bits per heavy atom. The van der Waals surface area contributed by atoms with Crippen LogP contribution in [0.25, 0.3) is 0 Å². The average Bonchev–Trinajstić information content (AvgIpc) is 3.18. The van der Waals surface area contributed by atoms with Crippen molar-refractivity contribution < 1.29 is 27.9 Å². The van der Waals surface area contributed by atoms with Crippen molar-refractivity contribution in [1.82, 2.24) is 0 Å². The van der Waals surface area contributed by atoms with Crippen LogP contribution in [0.3, 0.4) is 0 Å². The van der Waals surface area contributed by atoms with Crippen molar-refractivity contribution in [3.05, 3.63) is 29.8 Å². The molecule has 1 aromatic rings. The first-order valence-electron chi connectivity index (χ1n) is 6.01. The third-order valence-electron chi connectivity index (χ3n) is 3.05. The highest BCUT2D eigenvalue weighted by molar-refractivity contribution is 5.98. The summed E-state index contributed by atoms with van der Waals surface area (Å²) in [7, 11) is 0. The molecule has 1 fully saturated rings. The molecule has 0 aliphatic heterocycles. The van der Waals surface area contributed by atoms with Gasteiger partial charge in [-0.15, -0.1) is 0 Å². The summed E-state index contributed by atoms with van der Waals surface area (Å²) in [4.78, 5) is 22.8. The van der Waals surface area contributed by atoms with E-state index in [1.165, 1.54) is 24.3 Å². The van der Waals surface area contributed by atoms with Gasteiger partial charge in [0.05, 0.1) is 5.56 Å². The third-order valence-corrected chi connectivity index (χ3v) is 3.05. The normalized spacial score (nSPS) is 14.9. The van der Waals surface area contributed by atoms with E-state index in [9.17, 15) is 22.8 Å². The molecule has 0 saturated heterocycles. The summed E-state index contributed by atoms with van der Waals surface area (Å²) in [5.74, 6) is -3.01. The monoisotopic (exact) mass is 287 g/mol. The van der Waals surface area contributed by atoms with Crippen molar-refractivity contribution in [3.8, 4) is 0 Å². The number of carboxylic acid groups (broad SMARTS) is 1. The van der Waals surface area contributed by atoms with E-state index >= 15 is 0 Å². The molecule has 0 radical (unpaired) electrons. The Balaban J connectivity index is 2.25. The number of aromatic carboxylic acids is 1. The van der Waals surface area contributed by atoms with Gasteiger partial charge in [0.25, 0.3) is 0 Å². The first kappa shape index (κ1) is 14.4. The predicted molar refractivity (Wildman–Crippen MR) is 64.5 cm³/mol. The zero-order valence-electron chi connectivity index (χ0n) is 10.4. The van der Waals surface area contributed by atoms with Gasteiger partial charge in [-0.05, 0) is 43.0 Å². The van der Waals surface area contributed by atoms with E-state index < -0.39 is 18.1 Å².